The maximum Gasteiger partial charge on any atom is 0.234 e. The van der Waals surface area contributed by atoms with Gasteiger partial charge in [0.1, 0.15) is 0 Å². The van der Waals surface area contributed by atoms with E-state index in [0.29, 0.717) is 11.8 Å². The number of likely N-dealkylation sites (tertiary alicyclic amines) is 1. The lowest BCUT2D eigenvalue weighted by Crippen LogP contribution is -2.32. The molecule has 2 atom stereocenters. The van der Waals surface area contributed by atoms with Crippen molar-refractivity contribution in [2.45, 2.75) is 57.9 Å². The zero-order valence-electron chi connectivity index (χ0n) is 17.6. The number of rotatable bonds is 6. The number of methoxy groups -OCH3 is 2. The molecule has 1 aromatic carbocycles. The molecular weight excluding hydrogens is 354 g/mol. The van der Waals surface area contributed by atoms with Crippen molar-refractivity contribution >= 4 is 0 Å². The fraction of sp³-hybridized carbons (Fsp3) is 0.636. The molecule has 0 spiro atoms. The SMILES string of the molecule is COc1ccc(CN2C[C@H]3CCC[C@@]3(c3nc(C(C)C)no3)C2)c(C)c1OC. The van der Waals surface area contributed by atoms with Crippen LogP contribution in [0.1, 0.15) is 61.9 Å². The van der Waals surface area contributed by atoms with Crippen molar-refractivity contribution in [1.82, 2.24) is 15.0 Å². The van der Waals surface area contributed by atoms with Crippen molar-refractivity contribution in [3.05, 3.63) is 35.0 Å². The second kappa shape index (κ2) is 7.39. The number of fused-ring (bicyclic) bond motifs is 1. The molecule has 0 N–H and O–H groups in total. The van der Waals surface area contributed by atoms with Gasteiger partial charge in [-0.2, -0.15) is 4.98 Å². The zero-order chi connectivity index (χ0) is 19.9. The molecule has 0 radical (unpaired) electrons. The Balaban J connectivity index is 1.57. The van der Waals surface area contributed by atoms with E-state index in [9.17, 15) is 0 Å². The van der Waals surface area contributed by atoms with Crippen LogP contribution in [0.4, 0.5) is 0 Å². The van der Waals surface area contributed by atoms with Gasteiger partial charge in [0.2, 0.25) is 5.89 Å². The van der Waals surface area contributed by atoms with E-state index in [1.807, 2.05) is 6.07 Å². The second-order valence-corrected chi connectivity index (χ2v) is 8.61. The lowest BCUT2D eigenvalue weighted by molar-refractivity contribution is 0.244. The normalized spacial score (nSPS) is 24.7. The predicted octanol–water partition coefficient (Wildman–Crippen LogP) is 4.07. The number of aromatic nitrogens is 2. The number of hydrogen-bond donors (Lipinski definition) is 0. The molecule has 0 unspecified atom stereocenters. The summed E-state index contributed by atoms with van der Waals surface area (Å²) >= 11 is 0. The summed E-state index contributed by atoms with van der Waals surface area (Å²) in [5.74, 6) is 4.17. The molecule has 2 fully saturated rings. The third-order valence-electron chi connectivity index (χ3n) is 6.63. The summed E-state index contributed by atoms with van der Waals surface area (Å²) in [5, 5.41) is 4.25. The molecular formula is C22H31N3O3. The van der Waals surface area contributed by atoms with Gasteiger partial charge in [0.15, 0.2) is 17.3 Å². The average Bonchev–Trinajstić information content (AvgIpc) is 3.37. The van der Waals surface area contributed by atoms with E-state index in [2.05, 4.69) is 36.9 Å². The smallest absolute Gasteiger partial charge is 0.234 e. The highest BCUT2D eigenvalue weighted by Crippen LogP contribution is 2.50. The summed E-state index contributed by atoms with van der Waals surface area (Å²) in [5.41, 5.74) is 2.44. The Hall–Kier alpha value is -2.08. The first-order chi connectivity index (χ1) is 13.5. The lowest BCUT2D eigenvalue weighted by Gasteiger charge is -2.25. The van der Waals surface area contributed by atoms with Crippen LogP contribution < -0.4 is 9.47 Å². The molecule has 0 amide bonds. The highest BCUT2D eigenvalue weighted by molar-refractivity contribution is 5.50. The maximum atomic E-state index is 5.78. The van der Waals surface area contributed by atoms with Gasteiger partial charge in [-0.15, -0.1) is 0 Å². The predicted molar refractivity (Wildman–Crippen MR) is 107 cm³/mol. The summed E-state index contributed by atoms with van der Waals surface area (Å²) in [6.45, 7) is 9.28. The Bertz CT molecular complexity index is 848. The first-order valence-electron chi connectivity index (χ1n) is 10.3. The van der Waals surface area contributed by atoms with Crippen LogP contribution in [0.2, 0.25) is 0 Å². The molecule has 2 aromatic rings. The van der Waals surface area contributed by atoms with E-state index >= 15 is 0 Å². The molecule has 0 bridgehead atoms. The monoisotopic (exact) mass is 385 g/mol. The van der Waals surface area contributed by atoms with E-state index in [1.165, 1.54) is 18.4 Å². The van der Waals surface area contributed by atoms with E-state index in [1.54, 1.807) is 14.2 Å². The van der Waals surface area contributed by atoms with Crippen LogP contribution in [0.3, 0.4) is 0 Å². The molecule has 2 heterocycles. The molecule has 6 heteroatoms. The molecule has 152 valence electrons. The Morgan fingerprint density at radius 1 is 1.29 bits per heavy atom. The minimum atomic E-state index is 0.0185. The number of benzene rings is 1. The summed E-state index contributed by atoms with van der Waals surface area (Å²) in [7, 11) is 3.38. The largest absolute Gasteiger partial charge is 0.493 e. The van der Waals surface area contributed by atoms with Gasteiger partial charge >= 0.3 is 0 Å². The number of nitrogens with zero attached hydrogens (tertiary/aromatic N) is 3. The number of ether oxygens (including phenoxy) is 2. The molecule has 2 aliphatic rings. The van der Waals surface area contributed by atoms with Crippen LogP contribution in [-0.2, 0) is 12.0 Å². The molecule has 28 heavy (non-hydrogen) atoms. The summed E-state index contributed by atoms with van der Waals surface area (Å²) in [6, 6.07) is 4.15. The van der Waals surface area contributed by atoms with E-state index in [-0.39, 0.29) is 5.41 Å². The van der Waals surface area contributed by atoms with Crippen LogP contribution in [0, 0.1) is 12.8 Å². The maximum absolute atomic E-state index is 5.78. The third kappa shape index (κ3) is 3.08. The van der Waals surface area contributed by atoms with Gasteiger partial charge < -0.3 is 14.0 Å². The van der Waals surface area contributed by atoms with Crippen molar-refractivity contribution in [2.24, 2.45) is 5.92 Å². The Labute approximate surface area is 167 Å². The van der Waals surface area contributed by atoms with E-state index in [0.717, 1.165) is 54.8 Å². The molecule has 1 aromatic heterocycles. The van der Waals surface area contributed by atoms with Gasteiger partial charge in [-0.3, -0.25) is 4.90 Å². The minimum Gasteiger partial charge on any atom is -0.493 e. The standard InChI is InChI=1S/C22H31N3O3/c1-14(2)20-23-21(28-24-20)22-10-6-7-17(22)12-25(13-22)11-16-8-9-18(26-4)19(27-5)15(16)3/h8-9,14,17H,6-7,10-13H2,1-5H3/t17-,22-/m1/s1. The van der Waals surface area contributed by atoms with Crippen LogP contribution in [0.15, 0.2) is 16.7 Å². The third-order valence-corrected chi connectivity index (χ3v) is 6.63. The molecule has 6 nitrogen and oxygen atoms in total. The van der Waals surface area contributed by atoms with Gasteiger partial charge in [-0.05, 0) is 42.9 Å². The molecule has 1 aliphatic heterocycles. The van der Waals surface area contributed by atoms with Gasteiger partial charge in [-0.1, -0.05) is 31.5 Å². The van der Waals surface area contributed by atoms with Crippen molar-refractivity contribution in [2.75, 3.05) is 27.3 Å². The van der Waals surface area contributed by atoms with Crippen molar-refractivity contribution in [3.8, 4) is 11.5 Å². The van der Waals surface area contributed by atoms with Crippen molar-refractivity contribution < 1.29 is 14.0 Å². The van der Waals surface area contributed by atoms with Gasteiger partial charge in [0, 0.05) is 25.6 Å². The van der Waals surface area contributed by atoms with Crippen LogP contribution in [0.25, 0.3) is 0 Å². The van der Waals surface area contributed by atoms with Gasteiger partial charge in [0.05, 0.1) is 19.6 Å². The highest BCUT2D eigenvalue weighted by atomic mass is 16.5. The van der Waals surface area contributed by atoms with Crippen molar-refractivity contribution in [3.63, 3.8) is 0 Å². The van der Waals surface area contributed by atoms with Crippen molar-refractivity contribution in [1.29, 1.82) is 0 Å². The minimum absolute atomic E-state index is 0.0185. The average molecular weight is 386 g/mol. The van der Waals surface area contributed by atoms with Gasteiger partial charge in [-0.25, -0.2) is 0 Å². The fourth-order valence-electron chi connectivity index (χ4n) is 5.07. The lowest BCUT2D eigenvalue weighted by atomic mass is 9.80. The second-order valence-electron chi connectivity index (χ2n) is 8.61. The molecule has 4 rings (SSSR count). The topological polar surface area (TPSA) is 60.6 Å². The molecule has 1 saturated carbocycles. The van der Waals surface area contributed by atoms with Crippen LogP contribution in [-0.4, -0.2) is 42.3 Å². The Morgan fingerprint density at radius 3 is 2.79 bits per heavy atom. The molecule has 1 aliphatic carbocycles. The first-order valence-corrected chi connectivity index (χ1v) is 10.3. The van der Waals surface area contributed by atoms with Gasteiger partial charge in [0.25, 0.3) is 0 Å². The molecule has 1 saturated heterocycles. The van der Waals surface area contributed by atoms with Crippen LogP contribution in [0.5, 0.6) is 11.5 Å². The first kappa shape index (κ1) is 19.2. The summed E-state index contributed by atoms with van der Waals surface area (Å²) in [4.78, 5) is 7.33. The fourth-order valence-corrected chi connectivity index (χ4v) is 5.07. The number of hydrogen-bond acceptors (Lipinski definition) is 6. The summed E-state index contributed by atoms with van der Waals surface area (Å²) < 4.78 is 16.8. The van der Waals surface area contributed by atoms with E-state index in [4.69, 9.17) is 19.0 Å². The Morgan fingerprint density at radius 2 is 2.11 bits per heavy atom. The highest BCUT2D eigenvalue weighted by Gasteiger charge is 2.54. The zero-order valence-corrected chi connectivity index (χ0v) is 17.6. The Kier molecular flexibility index (Phi) is 5.08. The van der Waals surface area contributed by atoms with Crippen LogP contribution >= 0.6 is 0 Å². The van der Waals surface area contributed by atoms with E-state index < -0.39 is 0 Å². The summed E-state index contributed by atoms with van der Waals surface area (Å²) in [6.07, 6.45) is 3.62. The quantitative estimate of drug-likeness (QED) is 0.747.